The van der Waals surface area contributed by atoms with Crippen molar-refractivity contribution in [2.24, 2.45) is 5.92 Å². The highest BCUT2D eigenvalue weighted by atomic mass is 35.5. The van der Waals surface area contributed by atoms with E-state index in [1.54, 1.807) is 0 Å². The Bertz CT molecular complexity index is 772. The second-order valence-electron chi connectivity index (χ2n) is 7.16. The van der Waals surface area contributed by atoms with Crippen LogP contribution in [0.3, 0.4) is 0 Å². The van der Waals surface area contributed by atoms with Crippen LogP contribution in [-0.2, 0) is 6.54 Å². The molecule has 27 heavy (non-hydrogen) atoms. The van der Waals surface area contributed by atoms with Crippen molar-refractivity contribution in [3.05, 3.63) is 59.7 Å². The average Bonchev–Trinajstić information content (AvgIpc) is 3.17. The average molecular weight is 403 g/mol. The number of benzene rings is 1. The fraction of sp³-hybridized carbons (Fsp3) is 0.429. The molecule has 0 bridgehead atoms. The molecule has 1 unspecified atom stereocenters. The molecule has 0 aliphatic heterocycles. The highest BCUT2D eigenvalue weighted by Crippen LogP contribution is 2.24. The maximum atomic E-state index is 6.38. The van der Waals surface area contributed by atoms with E-state index in [9.17, 15) is 0 Å². The van der Waals surface area contributed by atoms with Crippen LogP contribution in [0.25, 0.3) is 0 Å². The topological polar surface area (TPSA) is 33.1 Å². The van der Waals surface area contributed by atoms with E-state index in [4.69, 9.17) is 23.8 Å². The number of nitrogens with one attached hydrogen (secondary N) is 1. The van der Waals surface area contributed by atoms with Gasteiger partial charge in [0.25, 0.3) is 0 Å². The van der Waals surface area contributed by atoms with E-state index in [0.29, 0.717) is 10.9 Å². The van der Waals surface area contributed by atoms with Crippen molar-refractivity contribution in [2.75, 3.05) is 18.4 Å². The summed E-state index contributed by atoms with van der Waals surface area (Å²) in [5.41, 5.74) is 2.01. The lowest BCUT2D eigenvalue weighted by molar-refractivity contribution is 0.316. The van der Waals surface area contributed by atoms with Crippen molar-refractivity contribution in [3.8, 4) is 0 Å². The van der Waals surface area contributed by atoms with Gasteiger partial charge in [0.2, 0.25) is 0 Å². The Morgan fingerprint density at radius 2 is 2.30 bits per heavy atom. The maximum Gasteiger partial charge on any atom is 0.173 e. The molecule has 1 atom stereocenters. The fourth-order valence-corrected chi connectivity index (χ4v) is 3.95. The molecular formula is C21H27ClN4S. The molecule has 0 saturated heterocycles. The summed E-state index contributed by atoms with van der Waals surface area (Å²) in [6.07, 6.45) is 14.8. The molecule has 6 heteroatoms. The molecule has 1 heterocycles. The molecule has 1 N–H and O–H groups in total. The molecule has 3 rings (SSSR count). The Balaban J connectivity index is 1.62. The number of hydrogen-bond acceptors (Lipinski definition) is 2. The molecule has 1 aromatic heterocycles. The molecule has 1 aliphatic rings. The first kappa shape index (κ1) is 19.9. The quantitative estimate of drug-likeness (QED) is 0.503. The first-order valence-electron chi connectivity index (χ1n) is 9.54. The molecule has 144 valence electrons. The predicted molar refractivity (Wildman–Crippen MR) is 117 cm³/mol. The van der Waals surface area contributed by atoms with E-state index < -0.39 is 0 Å². The number of aryl methyl sites for hydroxylation is 2. The zero-order chi connectivity index (χ0) is 19.1. The number of nitrogens with zero attached hydrogens (tertiary/aromatic N) is 3. The summed E-state index contributed by atoms with van der Waals surface area (Å²) in [5, 5.41) is 4.81. The van der Waals surface area contributed by atoms with Crippen molar-refractivity contribution in [3.63, 3.8) is 0 Å². The van der Waals surface area contributed by atoms with Gasteiger partial charge in [-0.15, -0.1) is 0 Å². The van der Waals surface area contributed by atoms with Crippen LogP contribution in [0, 0.1) is 12.8 Å². The van der Waals surface area contributed by atoms with Gasteiger partial charge in [-0.2, -0.15) is 0 Å². The lowest BCUT2D eigenvalue weighted by Gasteiger charge is -2.31. The minimum Gasteiger partial charge on any atom is -0.349 e. The summed E-state index contributed by atoms with van der Waals surface area (Å²) in [6.45, 7) is 4.86. The smallest absolute Gasteiger partial charge is 0.173 e. The summed E-state index contributed by atoms with van der Waals surface area (Å²) in [5.74, 6) is 0.650. The van der Waals surface area contributed by atoms with Gasteiger partial charge in [-0.25, -0.2) is 4.98 Å². The van der Waals surface area contributed by atoms with E-state index in [1.165, 1.54) is 6.42 Å². The van der Waals surface area contributed by atoms with Crippen LogP contribution in [0.5, 0.6) is 0 Å². The minimum absolute atomic E-state index is 0.650. The molecule has 0 amide bonds. The molecule has 1 aromatic carbocycles. The van der Waals surface area contributed by atoms with E-state index in [-0.39, 0.29) is 0 Å². The van der Waals surface area contributed by atoms with Gasteiger partial charge in [-0.05, 0) is 68.4 Å². The lowest BCUT2D eigenvalue weighted by Crippen LogP contribution is -2.39. The van der Waals surface area contributed by atoms with Crippen molar-refractivity contribution >= 4 is 34.6 Å². The SMILES string of the molecule is Cc1ccc(NC(=S)N(CCCn2ccnc2)CC2CC=CCC2)c(Cl)c1. The Labute approximate surface area is 172 Å². The monoisotopic (exact) mass is 402 g/mol. The molecule has 0 saturated carbocycles. The Kier molecular flexibility index (Phi) is 7.30. The van der Waals surface area contributed by atoms with E-state index >= 15 is 0 Å². The highest BCUT2D eigenvalue weighted by Gasteiger charge is 2.18. The van der Waals surface area contributed by atoms with Gasteiger partial charge >= 0.3 is 0 Å². The standard InChI is InChI=1S/C21H27ClN4S/c1-17-8-9-20(19(22)14-17)24-21(27)26(15-18-6-3-2-4-7-18)12-5-11-25-13-10-23-16-25/h2-3,8-10,13-14,16,18H,4-7,11-12,15H2,1H3,(H,24,27). The summed E-state index contributed by atoms with van der Waals surface area (Å²) in [6, 6.07) is 6.00. The zero-order valence-electron chi connectivity index (χ0n) is 15.8. The van der Waals surface area contributed by atoms with Crippen LogP contribution in [0.1, 0.15) is 31.2 Å². The van der Waals surface area contributed by atoms with E-state index in [1.807, 2.05) is 43.8 Å². The Morgan fingerprint density at radius 3 is 3.00 bits per heavy atom. The first-order chi connectivity index (χ1) is 13.1. The lowest BCUT2D eigenvalue weighted by atomic mass is 9.94. The van der Waals surface area contributed by atoms with Crippen LogP contribution in [0.15, 0.2) is 49.1 Å². The molecule has 4 nitrogen and oxygen atoms in total. The molecule has 0 spiro atoms. The van der Waals surface area contributed by atoms with Gasteiger partial charge in [-0.3, -0.25) is 0 Å². The maximum absolute atomic E-state index is 6.38. The first-order valence-corrected chi connectivity index (χ1v) is 10.3. The number of aromatic nitrogens is 2. The van der Waals surface area contributed by atoms with Crippen LogP contribution < -0.4 is 5.32 Å². The third-order valence-electron chi connectivity index (χ3n) is 4.91. The number of halogens is 1. The molecule has 0 radical (unpaired) electrons. The highest BCUT2D eigenvalue weighted by molar-refractivity contribution is 7.80. The van der Waals surface area contributed by atoms with Gasteiger partial charge in [0.1, 0.15) is 0 Å². The van der Waals surface area contributed by atoms with Crippen LogP contribution in [-0.4, -0.2) is 32.7 Å². The second-order valence-corrected chi connectivity index (χ2v) is 7.96. The number of allylic oxidation sites excluding steroid dienone is 2. The third-order valence-corrected chi connectivity index (χ3v) is 5.59. The fourth-order valence-electron chi connectivity index (χ4n) is 3.39. The van der Waals surface area contributed by atoms with Gasteiger partial charge in [0.15, 0.2) is 5.11 Å². The number of hydrogen-bond donors (Lipinski definition) is 1. The summed E-state index contributed by atoms with van der Waals surface area (Å²) >= 11 is 12.1. The van der Waals surface area contributed by atoms with E-state index in [0.717, 1.165) is 55.3 Å². The summed E-state index contributed by atoms with van der Waals surface area (Å²) in [4.78, 5) is 6.41. The predicted octanol–water partition coefficient (Wildman–Crippen LogP) is 5.29. The Hall–Kier alpha value is -1.85. The van der Waals surface area contributed by atoms with Crippen LogP contribution >= 0.6 is 23.8 Å². The summed E-state index contributed by atoms with van der Waals surface area (Å²) in [7, 11) is 0. The molecule has 1 aliphatic carbocycles. The number of thiocarbonyl (C=S) groups is 1. The third kappa shape index (κ3) is 6.08. The van der Waals surface area contributed by atoms with Crippen molar-refractivity contribution in [1.29, 1.82) is 0 Å². The second kappa shape index (κ2) is 9.90. The van der Waals surface area contributed by atoms with Crippen molar-refractivity contribution in [1.82, 2.24) is 14.5 Å². The van der Waals surface area contributed by atoms with Gasteiger partial charge in [0.05, 0.1) is 17.0 Å². The molecule has 0 fully saturated rings. The molecule has 2 aromatic rings. The van der Waals surface area contributed by atoms with Crippen molar-refractivity contribution in [2.45, 2.75) is 39.2 Å². The van der Waals surface area contributed by atoms with E-state index in [2.05, 4.69) is 31.9 Å². The molecular weight excluding hydrogens is 376 g/mol. The Morgan fingerprint density at radius 1 is 1.41 bits per heavy atom. The minimum atomic E-state index is 0.650. The zero-order valence-corrected chi connectivity index (χ0v) is 17.3. The van der Waals surface area contributed by atoms with Gasteiger partial charge in [-0.1, -0.05) is 29.8 Å². The number of imidazole rings is 1. The number of anilines is 1. The largest absolute Gasteiger partial charge is 0.349 e. The normalized spacial score (nSPS) is 16.3. The van der Waals surface area contributed by atoms with Gasteiger partial charge < -0.3 is 14.8 Å². The van der Waals surface area contributed by atoms with Gasteiger partial charge in [0, 0.05) is 32.0 Å². The van der Waals surface area contributed by atoms with Crippen LogP contribution in [0.2, 0.25) is 5.02 Å². The summed E-state index contributed by atoms with van der Waals surface area (Å²) < 4.78 is 2.11. The van der Waals surface area contributed by atoms with Crippen LogP contribution in [0.4, 0.5) is 5.69 Å². The number of rotatable bonds is 7. The van der Waals surface area contributed by atoms with Crippen molar-refractivity contribution < 1.29 is 0 Å².